The van der Waals surface area contributed by atoms with Gasteiger partial charge < -0.3 is 9.52 Å². The summed E-state index contributed by atoms with van der Waals surface area (Å²) < 4.78 is 61.5. The molecule has 1 aliphatic carbocycles. The molecule has 1 aromatic heterocycles. The lowest BCUT2D eigenvalue weighted by Crippen LogP contribution is -2.31. The van der Waals surface area contributed by atoms with Gasteiger partial charge in [-0.2, -0.15) is 9.57 Å². The van der Waals surface area contributed by atoms with Gasteiger partial charge in [-0.1, -0.05) is 37.3 Å². The first-order chi connectivity index (χ1) is 20.5. The molecule has 10 nitrogen and oxygen atoms in total. The van der Waals surface area contributed by atoms with Gasteiger partial charge in [0.05, 0.1) is 33.5 Å². The number of rotatable bonds is 11. The molecule has 1 unspecified atom stereocenters. The van der Waals surface area contributed by atoms with Gasteiger partial charge >= 0.3 is 5.63 Å². The van der Waals surface area contributed by atoms with E-state index in [9.17, 15) is 26.7 Å². The van der Waals surface area contributed by atoms with Crippen LogP contribution in [0.3, 0.4) is 0 Å². The van der Waals surface area contributed by atoms with Crippen LogP contribution in [0.25, 0.3) is 0 Å². The summed E-state index contributed by atoms with van der Waals surface area (Å²) >= 11 is 0. The lowest BCUT2D eigenvalue weighted by atomic mass is 9.87. The number of benzene rings is 3. The molecule has 3 aromatic carbocycles. The number of aromatic hydroxyl groups is 1. The molecule has 4 aromatic rings. The summed E-state index contributed by atoms with van der Waals surface area (Å²) in [5, 5.41) is 20.1. The van der Waals surface area contributed by atoms with Crippen molar-refractivity contribution in [2.75, 3.05) is 11.3 Å². The highest BCUT2D eigenvalue weighted by molar-refractivity contribution is 7.92. The second kappa shape index (κ2) is 12.0. The van der Waals surface area contributed by atoms with Crippen molar-refractivity contribution >= 4 is 25.7 Å². The van der Waals surface area contributed by atoms with E-state index < -0.39 is 31.6 Å². The molecule has 12 heteroatoms. The van der Waals surface area contributed by atoms with Crippen LogP contribution in [-0.2, 0) is 26.6 Å². The number of hydrogen-bond acceptors (Lipinski definition) is 8. The smallest absolute Gasteiger partial charge is 0.343 e. The first-order valence-electron chi connectivity index (χ1n) is 13.6. The Labute approximate surface area is 250 Å². The van der Waals surface area contributed by atoms with E-state index in [0.717, 1.165) is 17.1 Å². The van der Waals surface area contributed by atoms with Gasteiger partial charge in [0.25, 0.3) is 10.0 Å². The van der Waals surface area contributed by atoms with E-state index in [-0.39, 0.29) is 51.6 Å². The van der Waals surface area contributed by atoms with Crippen molar-refractivity contribution in [1.82, 2.24) is 4.31 Å². The third-order valence-electron chi connectivity index (χ3n) is 7.28. The first kappa shape index (κ1) is 30.0. The van der Waals surface area contributed by atoms with Gasteiger partial charge in [-0.15, -0.1) is 0 Å². The zero-order valence-corrected chi connectivity index (χ0v) is 24.8. The summed E-state index contributed by atoms with van der Waals surface area (Å²) in [7, 11) is -7.83. The fraction of sp³-hybridized carbons (Fsp3) is 0.226. The van der Waals surface area contributed by atoms with Gasteiger partial charge in [-0.3, -0.25) is 4.72 Å². The largest absolute Gasteiger partial charge is 0.507 e. The van der Waals surface area contributed by atoms with Crippen LogP contribution in [-0.4, -0.2) is 32.8 Å². The lowest BCUT2D eigenvalue weighted by molar-refractivity contribution is 0.345. The minimum atomic E-state index is -3.96. The Balaban J connectivity index is 1.43. The van der Waals surface area contributed by atoms with E-state index in [1.165, 1.54) is 42.5 Å². The summed E-state index contributed by atoms with van der Waals surface area (Å²) in [4.78, 5) is 13.4. The van der Waals surface area contributed by atoms with Crippen LogP contribution in [0.2, 0.25) is 0 Å². The van der Waals surface area contributed by atoms with E-state index >= 15 is 0 Å². The molecule has 0 radical (unpaired) electrons. The highest BCUT2D eigenvalue weighted by atomic mass is 32.2. The molecular formula is C31H29N3O7S2. The predicted molar refractivity (Wildman–Crippen MR) is 159 cm³/mol. The van der Waals surface area contributed by atoms with Crippen molar-refractivity contribution in [2.24, 2.45) is 5.92 Å². The maximum absolute atomic E-state index is 13.3. The third-order valence-corrected chi connectivity index (χ3v) is 10.6. The zero-order valence-electron chi connectivity index (χ0n) is 23.2. The average Bonchev–Trinajstić information content (AvgIpc) is 3.83. The van der Waals surface area contributed by atoms with Crippen LogP contribution in [0.4, 0.5) is 5.69 Å². The maximum atomic E-state index is 13.3. The van der Waals surface area contributed by atoms with Crippen LogP contribution >= 0.6 is 0 Å². The molecule has 5 rings (SSSR count). The van der Waals surface area contributed by atoms with Crippen LogP contribution in [0, 0.1) is 17.2 Å². The van der Waals surface area contributed by atoms with Crippen molar-refractivity contribution in [2.45, 2.75) is 42.0 Å². The molecule has 43 heavy (non-hydrogen) atoms. The number of anilines is 1. The lowest BCUT2D eigenvalue weighted by Gasteiger charge is -2.21. The van der Waals surface area contributed by atoms with E-state index in [1.807, 2.05) is 6.07 Å². The Bertz CT molecular complexity index is 1950. The number of hydrogen-bond donors (Lipinski definition) is 2. The standard InChI is InChI=1S/C31H29N3O7S2/c1-2-34(43(39,40)27-9-4-3-5-10-27)20-25-18-28(35)30(31(36)41-25)29(22-13-14-22)23-7-6-8-24(17-23)33-42(37,38)26-15-11-21(19-32)12-16-26/h3-12,15-18,22,29,33,35H,2,13-14,20H2,1H3. The molecule has 1 saturated carbocycles. The van der Waals surface area contributed by atoms with Gasteiger partial charge in [-0.25, -0.2) is 21.6 Å². The van der Waals surface area contributed by atoms with Gasteiger partial charge in [0.1, 0.15) is 11.5 Å². The molecule has 1 heterocycles. The summed E-state index contributed by atoms with van der Waals surface area (Å²) in [6, 6.07) is 23.2. The fourth-order valence-electron chi connectivity index (χ4n) is 5.01. The Morgan fingerprint density at radius 3 is 2.28 bits per heavy atom. The van der Waals surface area contributed by atoms with E-state index in [2.05, 4.69) is 4.72 Å². The van der Waals surface area contributed by atoms with Crippen molar-refractivity contribution in [1.29, 1.82) is 5.26 Å². The predicted octanol–water partition coefficient (Wildman–Crippen LogP) is 4.77. The third kappa shape index (κ3) is 6.49. The fourth-order valence-corrected chi connectivity index (χ4v) is 7.49. The van der Waals surface area contributed by atoms with E-state index in [1.54, 1.807) is 49.4 Å². The van der Waals surface area contributed by atoms with Gasteiger partial charge in [-0.05, 0) is 72.9 Å². The van der Waals surface area contributed by atoms with Gasteiger partial charge in [0.15, 0.2) is 0 Å². The monoisotopic (exact) mass is 619 g/mol. The highest BCUT2D eigenvalue weighted by Gasteiger charge is 2.38. The van der Waals surface area contributed by atoms with Crippen molar-refractivity contribution in [3.63, 3.8) is 0 Å². The van der Waals surface area contributed by atoms with E-state index in [4.69, 9.17) is 9.68 Å². The molecular weight excluding hydrogens is 590 g/mol. The summed E-state index contributed by atoms with van der Waals surface area (Å²) in [5.41, 5.74) is 0.450. The minimum absolute atomic E-state index is 0.00826. The number of nitrogens with zero attached hydrogens (tertiary/aromatic N) is 2. The Morgan fingerprint density at radius 2 is 1.67 bits per heavy atom. The van der Waals surface area contributed by atoms with Crippen LogP contribution < -0.4 is 10.3 Å². The molecule has 0 spiro atoms. The highest BCUT2D eigenvalue weighted by Crippen LogP contribution is 2.48. The minimum Gasteiger partial charge on any atom is -0.507 e. The number of nitriles is 1. The summed E-state index contributed by atoms with van der Waals surface area (Å²) in [6.07, 6.45) is 1.59. The van der Waals surface area contributed by atoms with Crippen LogP contribution in [0.15, 0.2) is 104 Å². The van der Waals surface area contributed by atoms with Crippen molar-refractivity contribution in [3.8, 4) is 11.8 Å². The normalized spacial score (nSPS) is 14.3. The molecule has 0 bridgehead atoms. The second-order valence-electron chi connectivity index (χ2n) is 10.2. The Morgan fingerprint density at radius 1 is 0.977 bits per heavy atom. The Hall–Kier alpha value is -4.44. The zero-order chi connectivity index (χ0) is 30.8. The molecule has 1 aliphatic rings. The second-order valence-corrected chi connectivity index (χ2v) is 13.8. The number of sulfonamides is 2. The number of nitrogens with one attached hydrogen (secondary N) is 1. The molecule has 1 fully saturated rings. The topological polar surface area (TPSA) is 158 Å². The van der Waals surface area contributed by atoms with E-state index in [0.29, 0.717) is 11.1 Å². The summed E-state index contributed by atoms with van der Waals surface area (Å²) in [5.74, 6) is -0.874. The summed E-state index contributed by atoms with van der Waals surface area (Å²) in [6.45, 7) is 1.52. The van der Waals surface area contributed by atoms with Crippen molar-refractivity contribution < 1.29 is 26.4 Å². The average molecular weight is 620 g/mol. The molecule has 0 saturated heterocycles. The molecule has 0 amide bonds. The van der Waals surface area contributed by atoms with Gasteiger partial charge in [0, 0.05) is 24.2 Å². The van der Waals surface area contributed by atoms with Gasteiger partial charge in [0.2, 0.25) is 10.0 Å². The Kier molecular flexibility index (Phi) is 8.41. The first-order valence-corrected chi connectivity index (χ1v) is 16.5. The maximum Gasteiger partial charge on any atom is 0.343 e. The molecule has 0 aliphatic heterocycles. The quantitative estimate of drug-likeness (QED) is 0.243. The molecule has 222 valence electrons. The molecule has 1 atom stereocenters. The van der Waals surface area contributed by atoms with Crippen LogP contribution in [0.1, 0.15) is 48.1 Å². The van der Waals surface area contributed by atoms with Crippen molar-refractivity contribution in [3.05, 3.63) is 118 Å². The SMILES string of the molecule is CCN(Cc1cc(O)c(C(c2cccc(NS(=O)(=O)c3ccc(C#N)cc3)c2)C2CC2)c(=O)o1)S(=O)(=O)c1ccccc1. The molecule has 2 N–H and O–H groups in total. The van der Waals surface area contributed by atoms with Crippen LogP contribution in [0.5, 0.6) is 5.75 Å².